The first-order valence-electron chi connectivity index (χ1n) is 43.3. The summed E-state index contributed by atoms with van der Waals surface area (Å²) in [6.07, 6.45) is 1.55. The number of benzene rings is 4. The number of piperazine rings is 2. The van der Waals surface area contributed by atoms with E-state index in [2.05, 4.69) is 67.5 Å². The summed E-state index contributed by atoms with van der Waals surface area (Å²) >= 11 is 8.70. The van der Waals surface area contributed by atoms with Gasteiger partial charge in [0, 0.05) is 69.1 Å². The molecule has 6 heterocycles. The fourth-order valence-corrected chi connectivity index (χ4v) is 21.2. The largest absolute Gasteiger partial charge is 0.496 e. The van der Waals surface area contributed by atoms with E-state index in [-0.39, 0.29) is 175 Å². The number of halogens is 3. The second-order valence-corrected chi connectivity index (χ2v) is 40.0. The normalized spacial score (nSPS) is 23.1. The molecule has 4 saturated heterocycles. The smallest absolute Gasteiger partial charge is 0.461 e. The highest BCUT2D eigenvalue weighted by atomic mass is 35.5. The van der Waals surface area contributed by atoms with Gasteiger partial charge in [0.2, 0.25) is 0 Å². The first-order chi connectivity index (χ1) is 61.1. The number of nitrogens with zero attached hydrogens (tertiary/aromatic N) is 6. The molecule has 4 aromatic carbocycles. The zero-order valence-corrected chi connectivity index (χ0v) is 77.2. The highest BCUT2D eigenvalue weighted by molar-refractivity contribution is 7.16. The van der Waals surface area contributed by atoms with Crippen LogP contribution < -0.4 is 25.4 Å². The maximum atomic E-state index is 15.1. The van der Waals surface area contributed by atoms with E-state index in [1.165, 1.54) is 19.6 Å². The van der Waals surface area contributed by atoms with Crippen LogP contribution in [0.4, 0.5) is 28.3 Å². The monoisotopic (exact) mass is 1860 g/mol. The van der Waals surface area contributed by atoms with Crippen molar-refractivity contribution in [3.05, 3.63) is 157 Å². The molecule has 6 aromatic rings. The van der Waals surface area contributed by atoms with Gasteiger partial charge in [-0.25, -0.2) is 42.7 Å². The van der Waals surface area contributed by atoms with Crippen LogP contribution in [0.15, 0.2) is 102 Å². The van der Waals surface area contributed by atoms with E-state index in [1.54, 1.807) is 90.1 Å². The van der Waals surface area contributed by atoms with Gasteiger partial charge in [-0.3, -0.25) is 48.7 Å². The van der Waals surface area contributed by atoms with Crippen molar-refractivity contribution in [2.75, 3.05) is 72.2 Å². The van der Waals surface area contributed by atoms with Gasteiger partial charge in [-0.15, -0.1) is 22.7 Å². The number of Topliss-reactive ketones (excluding diaryl/α,β-unsaturated/α-hetero) is 2. The van der Waals surface area contributed by atoms with Crippen LogP contribution in [0.2, 0.25) is 16.0 Å². The summed E-state index contributed by atoms with van der Waals surface area (Å²) < 4.78 is 87.5. The number of aromatic nitrogens is 2. The molecule has 0 spiro atoms. The third kappa shape index (κ3) is 21.6. The van der Waals surface area contributed by atoms with Gasteiger partial charge in [-0.1, -0.05) is 132 Å². The quantitative estimate of drug-likeness (QED) is 0.0157. The van der Waals surface area contributed by atoms with Gasteiger partial charge in [0.15, 0.2) is 16.7 Å². The lowest BCUT2D eigenvalue weighted by Crippen LogP contribution is -2.65. The Bertz CT molecular complexity index is 5240. The summed E-state index contributed by atoms with van der Waals surface area (Å²) in [5.41, 5.74) is 0.134. The average Bonchev–Trinajstić information content (AvgIpc) is 1.49. The molecule has 38 heteroatoms. The van der Waals surface area contributed by atoms with Crippen molar-refractivity contribution in [2.24, 2.45) is 34.5 Å². The molecule has 6 saturated carbocycles. The number of carbonyl (C=O) groups is 12. The SMILES string of the molecule is C.COc1c(C[C@H](CC(=O)C(NC(=O)N2CCN(CCF)C(=O)C2=O)c2csc(NC(=O)OCc3ccccc3)n2)B2O[C@@H]3C[C@@H]4C[C@@H](C4(C)C)[C@]3(C)O2)cccc1C(=O)OC(C)(C)C.COc1c(C[C@H](CC(=O)C(NC(=O)N2CCN(CCF)C(=O)C2=O)c2nc(CC(=O)OCc3ccccc3)sc2Cl)B2O[C@@H]3C[C@@H]4C[C@@H](C4(C)C)[C@]3(C)O2)cccc1C(=O)OC(C)(C)C. The molecule has 4 aliphatic heterocycles. The van der Waals surface area contributed by atoms with E-state index in [1.807, 2.05) is 48.5 Å². The van der Waals surface area contributed by atoms with Crippen LogP contribution >= 0.6 is 34.3 Å². The number of para-hydroxylation sites is 2. The Morgan fingerprint density at radius 1 is 0.577 bits per heavy atom. The number of anilines is 1. The minimum absolute atomic E-state index is 0. The number of ether oxygens (including phenoxy) is 6. The van der Waals surface area contributed by atoms with Crippen molar-refractivity contribution in [3.8, 4) is 11.5 Å². The summed E-state index contributed by atoms with van der Waals surface area (Å²) in [5.74, 6) is -7.17. The lowest BCUT2D eigenvalue weighted by atomic mass is 9.43. The molecule has 4 bridgehead atoms. The number of hydrogen-bond donors (Lipinski definition) is 3. The highest BCUT2D eigenvalue weighted by Crippen LogP contribution is 2.68. The molecule has 698 valence electrons. The molecular weight excluding hydrogens is 1740 g/mol. The number of imide groups is 2. The molecule has 9 amide bonds. The maximum Gasteiger partial charge on any atom is 0.461 e. The van der Waals surface area contributed by atoms with Gasteiger partial charge in [0.05, 0.1) is 49.7 Å². The maximum absolute atomic E-state index is 15.1. The summed E-state index contributed by atoms with van der Waals surface area (Å²) in [6, 6.07) is 23.1. The number of rotatable bonds is 31. The van der Waals surface area contributed by atoms with E-state index in [9.17, 15) is 61.5 Å². The van der Waals surface area contributed by atoms with Gasteiger partial charge >= 0.3 is 73.9 Å². The Labute approximate surface area is 768 Å². The predicted molar refractivity (Wildman–Crippen MR) is 478 cm³/mol. The molecule has 10 aliphatic rings. The Kier molecular flexibility index (Phi) is 30.7. The highest BCUT2D eigenvalue weighted by Gasteiger charge is 2.70. The number of alkyl halides is 2. The standard InChI is InChI=1S/C46H55BClFN4O11S.C45H55BFN5O11S.CH4/c1-44(2,3)62-42(58)30-15-11-14-27(38(30)60-7)20-29(47-63-33-22-28-21-32(45(28,4)5)46(33,6)64-47)23-31(54)36(51-43(59)53-19-18-52(17-16-49)40(56)41(53)57)37-39(48)65-34(50-37)24-35(55)61-25-26-12-9-8-10-13-26;1-43(2,3)61-39(56)30-15-11-14-27(36(30)59-7)20-29(46-62-34-22-28-21-33(44(28,4)5)45(34,6)63-46)23-32(53)35(49-41(57)52-19-18-51(17-16-47)37(54)38(52)55)31-25-64-40(48-31)50-42(58)60-24-26-12-9-8-10-13-26;/h8-15,28-29,32-33,36H,16-25H2,1-7H3,(H,51,59);8-15,25,28-29,33-35H,16-24H2,1-7H3,(H,49,57)(H,48,50,58);1H4/t28-,29+,32-,33+,36?,46-;28-,29+,33-,34+,35?,45-;/m00./s1. The van der Waals surface area contributed by atoms with Crippen LogP contribution in [0.1, 0.15) is 200 Å². The number of thiazole rings is 2. The van der Waals surface area contributed by atoms with Gasteiger partial charge in [0.1, 0.15) is 87.5 Å². The van der Waals surface area contributed by atoms with E-state index in [0.29, 0.717) is 32.8 Å². The Morgan fingerprint density at radius 3 is 1.45 bits per heavy atom. The Morgan fingerprint density at radius 2 is 1.02 bits per heavy atom. The van der Waals surface area contributed by atoms with Crippen molar-refractivity contribution in [2.45, 2.75) is 220 Å². The average molecular weight is 1860 g/mol. The molecule has 16 rings (SSSR count). The van der Waals surface area contributed by atoms with Crippen LogP contribution in [0.5, 0.6) is 11.5 Å². The topological polar surface area (TPSA) is 372 Å². The summed E-state index contributed by atoms with van der Waals surface area (Å²) in [5, 5.41) is 9.55. The fraction of sp³-hybridized carbons (Fsp3) is 0.543. The molecule has 0 radical (unpaired) electrons. The number of nitrogens with one attached hydrogen (secondary N) is 3. The second-order valence-electron chi connectivity index (χ2n) is 37.4. The van der Waals surface area contributed by atoms with Crippen LogP contribution in [-0.2, 0) is 104 Å². The number of urea groups is 2. The first kappa shape index (κ1) is 98.7. The van der Waals surface area contributed by atoms with E-state index in [4.69, 9.17) is 58.6 Å². The number of esters is 3. The molecule has 31 nitrogen and oxygen atoms in total. The molecule has 130 heavy (non-hydrogen) atoms. The lowest BCUT2D eigenvalue weighted by Gasteiger charge is -2.64. The lowest BCUT2D eigenvalue weighted by molar-refractivity contribution is -0.199. The second kappa shape index (κ2) is 40.4. The van der Waals surface area contributed by atoms with Gasteiger partial charge in [-0.05, 0) is 163 Å². The molecule has 3 N–H and O–H groups in total. The van der Waals surface area contributed by atoms with Crippen molar-refractivity contribution >= 4 is 125 Å². The van der Waals surface area contributed by atoms with E-state index in [0.717, 1.165) is 69.3 Å². The molecular formula is C92H114B2ClF2N9O22S2. The Hall–Kier alpha value is -10.3. The minimum Gasteiger partial charge on any atom is -0.496 e. The third-order valence-corrected chi connectivity index (χ3v) is 28.2. The first-order valence-corrected chi connectivity index (χ1v) is 45.4. The molecule has 12 atom stereocenters. The van der Waals surface area contributed by atoms with Crippen molar-refractivity contribution < 1.29 is 113 Å². The Balaban J connectivity index is 0.000000234. The third-order valence-electron chi connectivity index (χ3n) is 26.1. The van der Waals surface area contributed by atoms with Crippen LogP contribution in [-0.4, -0.2) is 217 Å². The van der Waals surface area contributed by atoms with Crippen LogP contribution in [0.3, 0.4) is 0 Å². The van der Waals surface area contributed by atoms with Crippen LogP contribution in [0.25, 0.3) is 0 Å². The van der Waals surface area contributed by atoms with Gasteiger partial charge < -0.3 is 67.5 Å². The number of hydrogen-bond acceptors (Lipinski definition) is 26. The van der Waals surface area contributed by atoms with E-state index >= 15 is 4.79 Å². The summed E-state index contributed by atoms with van der Waals surface area (Å²) in [6.45, 7) is 20.5. The predicted octanol–water partition coefficient (Wildman–Crippen LogP) is 13.9. The molecule has 2 unspecified atom stereocenters. The number of methoxy groups -OCH3 is 2. The van der Waals surface area contributed by atoms with Gasteiger partial charge in [0.25, 0.3) is 0 Å². The minimum atomic E-state index is -1.60. The van der Waals surface area contributed by atoms with Crippen LogP contribution in [0, 0.1) is 34.5 Å². The fourth-order valence-electron chi connectivity index (χ4n) is 19.2. The van der Waals surface area contributed by atoms with Gasteiger partial charge in [-0.2, -0.15) is 0 Å². The molecule has 2 aromatic heterocycles. The number of carbonyl (C=O) groups excluding carboxylic acids is 12. The van der Waals surface area contributed by atoms with Crippen molar-refractivity contribution in [3.63, 3.8) is 0 Å². The van der Waals surface area contributed by atoms with Crippen molar-refractivity contribution in [1.29, 1.82) is 0 Å². The van der Waals surface area contributed by atoms with E-state index < -0.39 is 145 Å². The zero-order valence-electron chi connectivity index (χ0n) is 74.8. The van der Waals surface area contributed by atoms with Crippen molar-refractivity contribution in [1.82, 2.24) is 40.2 Å². The summed E-state index contributed by atoms with van der Waals surface area (Å²) in [4.78, 5) is 175. The molecule has 10 fully saturated rings. The number of amides is 9. The molecule has 6 aliphatic carbocycles. The zero-order chi connectivity index (χ0) is 93.1. The number of ketones is 2. The summed E-state index contributed by atoms with van der Waals surface area (Å²) in [7, 11) is 1.05.